The third kappa shape index (κ3) is 4.42. The van der Waals surface area contributed by atoms with Gasteiger partial charge < -0.3 is 14.3 Å². The molecule has 0 saturated heterocycles. The van der Waals surface area contributed by atoms with E-state index in [2.05, 4.69) is 36.0 Å². The first-order chi connectivity index (χ1) is 15.0. The summed E-state index contributed by atoms with van der Waals surface area (Å²) in [5.74, 6) is 1.30. The second-order valence-corrected chi connectivity index (χ2v) is 7.85. The summed E-state index contributed by atoms with van der Waals surface area (Å²) < 4.78 is 11.1. The highest BCUT2D eigenvalue weighted by atomic mass is 35.5. The highest BCUT2D eigenvalue weighted by Crippen LogP contribution is 2.33. The molecule has 0 radical (unpaired) electrons. The van der Waals surface area contributed by atoms with Crippen LogP contribution in [-0.2, 0) is 0 Å². The van der Waals surface area contributed by atoms with Crippen molar-refractivity contribution in [3.05, 3.63) is 70.7 Å². The molecule has 158 valence electrons. The molecule has 0 aliphatic carbocycles. The number of aromatic nitrogens is 1. The van der Waals surface area contributed by atoms with Crippen molar-refractivity contribution in [2.24, 2.45) is 4.99 Å². The molecule has 31 heavy (non-hydrogen) atoms. The van der Waals surface area contributed by atoms with Crippen LogP contribution in [0.15, 0.2) is 64.0 Å². The molecule has 1 atom stereocenters. The maximum Gasteiger partial charge on any atom is 0.227 e. The van der Waals surface area contributed by atoms with Gasteiger partial charge in [0, 0.05) is 28.4 Å². The third-order valence-corrected chi connectivity index (χ3v) is 5.55. The van der Waals surface area contributed by atoms with Crippen molar-refractivity contribution in [1.82, 2.24) is 4.98 Å². The summed E-state index contributed by atoms with van der Waals surface area (Å²) in [5, 5.41) is 10.7. The third-order valence-electron chi connectivity index (χ3n) is 5.33. The maximum atomic E-state index is 10.3. The standard InChI is InChI=1S/C25H23ClN2O3/c1-4-15(2)16-8-9-22-21(12-16)28-25(31-22)17-6-5-7-20(11-17)27-14-18-10-19(26)13-23(30-3)24(18)29/h5-15,29H,4H2,1-3H3/t15-/m1/s1. The Morgan fingerprint density at radius 1 is 1.19 bits per heavy atom. The number of nitrogens with zero attached hydrogens (tertiary/aromatic N) is 2. The van der Waals surface area contributed by atoms with E-state index in [1.165, 1.54) is 12.7 Å². The molecule has 5 nitrogen and oxygen atoms in total. The molecule has 1 aromatic heterocycles. The second kappa shape index (κ2) is 8.82. The first kappa shape index (κ1) is 20.9. The van der Waals surface area contributed by atoms with E-state index in [0.717, 1.165) is 23.1 Å². The molecule has 4 rings (SSSR count). The lowest BCUT2D eigenvalue weighted by Gasteiger charge is -2.07. The minimum Gasteiger partial charge on any atom is -0.504 e. The Balaban J connectivity index is 1.65. The van der Waals surface area contributed by atoms with Gasteiger partial charge in [0.15, 0.2) is 17.1 Å². The predicted molar refractivity (Wildman–Crippen MR) is 125 cm³/mol. The normalized spacial score (nSPS) is 12.5. The van der Waals surface area contributed by atoms with Gasteiger partial charge in [-0.1, -0.05) is 37.6 Å². The number of fused-ring (bicyclic) bond motifs is 1. The fraction of sp³-hybridized carbons (Fsp3) is 0.200. The average Bonchev–Trinajstić information content (AvgIpc) is 3.22. The van der Waals surface area contributed by atoms with Gasteiger partial charge in [-0.25, -0.2) is 4.98 Å². The van der Waals surface area contributed by atoms with Crippen LogP contribution in [0.2, 0.25) is 5.02 Å². The largest absolute Gasteiger partial charge is 0.504 e. The van der Waals surface area contributed by atoms with Crippen LogP contribution in [0, 0.1) is 0 Å². The number of phenolic OH excluding ortho intramolecular Hbond substituents is 1. The van der Waals surface area contributed by atoms with Crippen molar-refractivity contribution in [2.45, 2.75) is 26.2 Å². The second-order valence-electron chi connectivity index (χ2n) is 7.41. The van der Waals surface area contributed by atoms with Crippen molar-refractivity contribution in [3.63, 3.8) is 0 Å². The first-order valence-electron chi connectivity index (χ1n) is 10.1. The number of hydrogen-bond acceptors (Lipinski definition) is 5. The lowest BCUT2D eigenvalue weighted by Crippen LogP contribution is -1.90. The SMILES string of the molecule is CC[C@@H](C)c1ccc2oc(-c3cccc(N=Cc4cc(Cl)cc(OC)c4O)c3)nc2c1. The van der Waals surface area contributed by atoms with Crippen LogP contribution in [0.5, 0.6) is 11.5 Å². The van der Waals surface area contributed by atoms with E-state index < -0.39 is 0 Å². The highest BCUT2D eigenvalue weighted by molar-refractivity contribution is 6.31. The van der Waals surface area contributed by atoms with Crippen LogP contribution < -0.4 is 4.74 Å². The van der Waals surface area contributed by atoms with E-state index in [0.29, 0.717) is 33.8 Å². The van der Waals surface area contributed by atoms with Gasteiger partial charge in [-0.2, -0.15) is 0 Å². The molecule has 3 aromatic carbocycles. The minimum atomic E-state index is -0.0112. The minimum absolute atomic E-state index is 0.0112. The van der Waals surface area contributed by atoms with E-state index in [1.54, 1.807) is 18.3 Å². The molecule has 0 aliphatic rings. The number of halogens is 1. The summed E-state index contributed by atoms with van der Waals surface area (Å²) in [6, 6.07) is 16.9. The molecular formula is C25H23ClN2O3. The van der Waals surface area contributed by atoms with Crippen LogP contribution in [-0.4, -0.2) is 23.4 Å². The Bertz CT molecular complexity index is 1260. The van der Waals surface area contributed by atoms with E-state index in [1.807, 2.05) is 30.3 Å². The summed E-state index contributed by atoms with van der Waals surface area (Å²) >= 11 is 6.09. The Morgan fingerprint density at radius 3 is 2.81 bits per heavy atom. The van der Waals surface area contributed by atoms with E-state index in [-0.39, 0.29) is 5.75 Å². The lowest BCUT2D eigenvalue weighted by atomic mass is 9.98. The fourth-order valence-electron chi connectivity index (χ4n) is 3.32. The molecule has 6 heteroatoms. The first-order valence-corrected chi connectivity index (χ1v) is 10.5. The summed E-state index contributed by atoms with van der Waals surface area (Å²) in [4.78, 5) is 9.15. The number of hydrogen-bond donors (Lipinski definition) is 1. The molecule has 0 spiro atoms. The molecule has 0 fully saturated rings. The molecular weight excluding hydrogens is 412 g/mol. The molecule has 0 bridgehead atoms. The number of phenols is 1. The van der Waals surface area contributed by atoms with E-state index in [4.69, 9.17) is 20.8 Å². The average molecular weight is 435 g/mol. The smallest absolute Gasteiger partial charge is 0.227 e. The van der Waals surface area contributed by atoms with Gasteiger partial charge in [0.25, 0.3) is 0 Å². The quantitative estimate of drug-likeness (QED) is 0.328. The Labute approximate surface area is 186 Å². The van der Waals surface area contributed by atoms with Crippen molar-refractivity contribution < 1.29 is 14.3 Å². The molecule has 1 heterocycles. The summed E-state index contributed by atoms with van der Waals surface area (Å²) in [5.41, 5.74) is 4.84. The molecule has 0 amide bonds. The topological polar surface area (TPSA) is 67.9 Å². The molecule has 0 aliphatic heterocycles. The summed E-state index contributed by atoms with van der Waals surface area (Å²) in [6.07, 6.45) is 2.62. The zero-order valence-electron chi connectivity index (χ0n) is 17.6. The van der Waals surface area contributed by atoms with E-state index >= 15 is 0 Å². The van der Waals surface area contributed by atoms with Crippen LogP contribution in [0.25, 0.3) is 22.6 Å². The fourth-order valence-corrected chi connectivity index (χ4v) is 3.54. The van der Waals surface area contributed by atoms with Gasteiger partial charge in [0.2, 0.25) is 5.89 Å². The van der Waals surface area contributed by atoms with Crippen molar-refractivity contribution in [2.75, 3.05) is 7.11 Å². The molecule has 4 aromatic rings. The van der Waals surface area contributed by atoms with Gasteiger partial charge in [-0.3, -0.25) is 4.99 Å². The Hall–Kier alpha value is -3.31. The number of ether oxygens (including phenoxy) is 1. The highest BCUT2D eigenvalue weighted by Gasteiger charge is 2.12. The zero-order valence-corrected chi connectivity index (χ0v) is 18.3. The van der Waals surface area contributed by atoms with E-state index in [9.17, 15) is 5.11 Å². The lowest BCUT2D eigenvalue weighted by molar-refractivity contribution is 0.373. The van der Waals surface area contributed by atoms with Crippen molar-refractivity contribution in [3.8, 4) is 23.0 Å². The van der Waals surface area contributed by atoms with Gasteiger partial charge in [0.05, 0.1) is 12.8 Å². The van der Waals surface area contributed by atoms with Crippen LogP contribution in [0.1, 0.15) is 37.3 Å². The Morgan fingerprint density at radius 2 is 2.03 bits per heavy atom. The number of benzene rings is 3. The van der Waals surface area contributed by atoms with Gasteiger partial charge in [-0.15, -0.1) is 0 Å². The predicted octanol–water partition coefficient (Wildman–Crippen LogP) is 7.13. The monoisotopic (exact) mass is 434 g/mol. The zero-order chi connectivity index (χ0) is 22.0. The number of oxazole rings is 1. The number of aromatic hydroxyl groups is 1. The van der Waals surface area contributed by atoms with Gasteiger partial charge in [0.1, 0.15) is 5.52 Å². The number of rotatable bonds is 6. The summed E-state index contributed by atoms with van der Waals surface area (Å²) in [7, 11) is 1.47. The number of aliphatic imine (C=N–C) groups is 1. The number of methoxy groups -OCH3 is 1. The van der Waals surface area contributed by atoms with Crippen LogP contribution in [0.4, 0.5) is 5.69 Å². The summed E-state index contributed by atoms with van der Waals surface area (Å²) in [6.45, 7) is 4.38. The molecule has 0 saturated carbocycles. The molecule has 0 unspecified atom stereocenters. The van der Waals surface area contributed by atoms with Gasteiger partial charge >= 0.3 is 0 Å². The van der Waals surface area contributed by atoms with Crippen LogP contribution in [0.3, 0.4) is 0 Å². The van der Waals surface area contributed by atoms with Crippen LogP contribution >= 0.6 is 11.6 Å². The van der Waals surface area contributed by atoms with Gasteiger partial charge in [-0.05, 0) is 54.3 Å². The Kier molecular flexibility index (Phi) is 5.96. The maximum absolute atomic E-state index is 10.3. The van der Waals surface area contributed by atoms with Crippen molar-refractivity contribution in [1.29, 1.82) is 0 Å². The molecule has 1 N–H and O–H groups in total. The van der Waals surface area contributed by atoms with Crippen molar-refractivity contribution >= 4 is 34.6 Å².